The molecule has 0 aliphatic carbocycles. The quantitative estimate of drug-likeness (QED) is 0.470. The summed E-state index contributed by atoms with van der Waals surface area (Å²) in [6.45, 7) is 6.11. The molecule has 2 aliphatic heterocycles. The lowest BCUT2D eigenvalue weighted by Crippen LogP contribution is -2.50. The van der Waals surface area contributed by atoms with Gasteiger partial charge in [0.2, 0.25) is 5.91 Å². The van der Waals surface area contributed by atoms with Crippen LogP contribution in [0.2, 0.25) is 0 Å². The van der Waals surface area contributed by atoms with Crippen LogP contribution in [0.1, 0.15) is 36.5 Å². The summed E-state index contributed by atoms with van der Waals surface area (Å²) < 4.78 is 78.2. The summed E-state index contributed by atoms with van der Waals surface area (Å²) in [5.41, 5.74) is -1.04. The van der Waals surface area contributed by atoms with Gasteiger partial charge in [0.15, 0.2) is 0 Å². The minimum atomic E-state index is -4.62. The number of hydrogen-bond donors (Lipinski definition) is 1. The molecular formula is C28H31F6N5O. The second-order valence-electron chi connectivity index (χ2n) is 10.3. The predicted octanol–water partition coefficient (Wildman–Crippen LogP) is 5.46. The highest BCUT2D eigenvalue weighted by molar-refractivity contribution is 5.78. The molecule has 2 aromatic rings. The summed E-state index contributed by atoms with van der Waals surface area (Å²) in [6.07, 6.45) is -7.81. The van der Waals surface area contributed by atoms with Gasteiger partial charge in [-0.3, -0.25) is 9.69 Å². The van der Waals surface area contributed by atoms with Gasteiger partial charge in [-0.15, -0.1) is 0 Å². The molecular weight excluding hydrogens is 536 g/mol. The maximum absolute atomic E-state index is 13.3. The van der Waals surface area contributed by atoms with Gasteiger partial charge in [-0.2, -0.15) is 31.6 Å². The number of nitriles is 1. The Morgan fingerprint density at radius 3 is 2.12 bits per heavy atom. The van der Waals surface area contributed by atoms with Gasteiger partial charge >= 0.3 is 12.4 Å². The van der Waals surface area contributed by atoms with Crippen LogP contribution < -0.4 is 10.2 Å². The molecule has 1 amide bonds. The van der Waals surface area contributed by atoms with E-state index < -0.39 is 29.0 Å². The average molecular weight is 568 g/mol. The second kappa shape index (κ2) is 12.0. The summed E-state index contributed by atoms with van der Waals surface area (Å²) >= 11 is 0. The van der Waals surface area contributed by atoms with Crippen LogP contribution in [0.25, 0.3) is 0 Å². The van der Waals surface area contributed by atoms with Gasteiger partial charge in [0.05, 0.1) is 22.8 Å². The van der Waals surface area contributed by atoms with Crippen molar-refractivity contribution >= 4 is 17.3 Å². The molecule has 0 spiro atoms. The zero-order valence-electron chi connectivity index (χ0n) is 22.0. The average Bonchev–Trinajstić information content (AvgIpc) is 2.92. The van der Waals surface area contributed by atoms with E-state index in [0.717, 1.165) is 30.0 Å². The van der Waals surface area contributed by atoms with Gasteiger partial charge < -0.3 is 15.1 Å². The Balaban J connectivity index is 1.22. The van der Waals surface area contributed by atoms with E-state index in [1.165, 1.54) is 18.2 Å². The first kappa shape index (κ1) is 29.5. The van der Waals surface area contributed by atoms with E-state index in [-0.39, 0.29) is 17.9 Å². The van der Waals surface area contributed by atoms with Crippen LogP contribution in [-0.2, 0) is 17.1 Å². The lowest BCUT2D eigenvalue weighted by molar-refractivity contribution is -0.138. The number of carbonyl (C=O) groups is 1. The van der Waals surface area contributed by atoms with Crippen molar-refractivity contribution < 1.29 is 31.1 Å². The van der Waals surface area contributed by atoms with E-state index in [0.29, 0.717) is 64.3 Å². The maximum Gasteiger partial charge on any atom is 0.417 e. The summed E-state index contributed by atoms with van der Waals surface area (Å²) in [5, 5.41) is 12.1. The van der Waals surface area contributed by atoms with Gasteiger partial charge in [0.25, 0.3) is 0 Å². The van der Waals surface area contributed by atoms with E-state index in [1.807, 2.05) is 11.8 Å². The molecule has 216 valence electrons. The standard InChI is InChI=1S/C28H31F6N5O/c1-19(18-37-12-14-38(15-13-37)24-6-3-21(4-7-24)27(29,30)31)26(40)39-10-8-22(9-11-39)36-23-5-2-20(17-35)25(16-23)28(32,33)34/h2-7,16,19,22,36H,8-15,18H2,1H3. The zero-order chi connectivity index (χ0) is 29.1. The number of rotatable bonds is 6. The van der Waals surface area contributed by atoms with Gasteiger partial charge in [-0.1, -0.05) is 6.92 Å². The summed E-state index contributed by atoms with van der Waals surface area (Å²) in [7, 11) is 0. The van der Waals surface area contributed by atoms with E-state index >= 15 is 0 Å². The highest BCUT2D eigenvalue weighted by Crippen LogP contribution is 2.34. The minimum absolute atomic E-state index is 0.0290. The highest BCUT2D eigenvalue weighted by atomic mass is 19.4. The number of hydrogen-bond acceptors (Lipinski definition) is 5. The smallest absolute Gasteiger partial charge is 0.382 e. The molecule has 2 heterocycles. The summed E-state index contributed by atoms with van der Waals surface area (Å²) in [5.74, 6) is -0.212. The molecule has 0 saturated carbocycles. The molecule has 4 rings (SSSR count). The van der Waals surface area contributed by atoms with Crippen molar-refractivity contribution in [1.29, 1.82) is 5.26 Å². The van der Waals surface area contributed by atoms with E-state index in [4.69, 9.17) is 5.26 Å². The monoisotopic (exact) mass is 567 g/mol. The van der Waals surface area contributed by atoms with Gasteiger partial charge in [-0.05, 0) is 55.3 Å². The number of amides is 1. The summed E-state index contributed by atoms with van der Waals surface area (Å²) in [4.78, 5) is 19.1. The van der Waals surface area contributed by atoms with Gasteiger partial charge in [0, 0.05) is 69.1 Å². The second-order valence-corrected chi connectivity index (χ2v) is 10.3. The van der Waals surface area contributed by atoms with E-state index in [2.05, 4.69) is 10.2 Å². The Kier molecular flexibility index (Phi) is 8.83. The number of nitrogens with zero attached hydrogens (tertiary/aromatic N) is 4. The summed E-state index contributed by atoms with van der Waals surface area (Å²) in [6, 6.07) is 10.2. The Hall–Kier alpha value is -3.46. The lowest BCUT2D eigenvalue weighted by atomic mass is 10.0. The van der Waals surface area contributed by atoms with Crippen molar-refractivity contribution in [3.63, 3.8) is 0 Å². The lowest BCUT2D eigenvalue weighted by Gasteiger charge is -2.38. The van der Waals surface area contributed by atoms with Crippen LogP contribution in [0.4, 0.5) is 37.7 Å². The van der Waals surface area contributed by atoms with Crippen LogP contribution in [0.5, 0.6) is 0 Å². The van der Waals surface area contributed by atoms with Gasteiger partial charge in [-0.25, -0.2) is 0 Å². The van der Waals surface area contributed by atoms with Crippen LogP contribution in [0.3, 0.4) is 0 Å². The Bertz CT molecular complexity index is 1210. The molecule has 0 bridgehead atoms. The van der Waals surface area contributed by atoms with Crippen LogP contribution in [0, 0.1) is 17.2 Å². The molecule has 0 aromatic heterocycles. The van der Waals surface area contributed by atoms with Gasteiger partial charge in [0.1, 0.15) is 0 Å². The molecule has 1 atom stereocenters. The predicted molar refractivity (Wildman–Crippen MR) is 139 cm³/mol. The van der Waals surface area contributed by atoms with Crippen LogP contribution >= 0.6 is 0 Å². The minimum Gasteiger partial charge on any atom is -0.382 e. The Labute approximate surface area is 229 Å². The first-order valence-electron chi connectivity index (χ1n) is 13.2. The molecule has 1 N–H and O–H groups in total. The number of piperidine rings is 1. The molecule has 0 radical (unpaired) electrons. The number of likely N-dealkylation sites (tertiary alicyclic amines) is 1. The third-order valence-corrected chi connectivity index (χ3v) is 7.51. The third-order valence-electron chi connectivity index (χ3n) is 7.51. The first-order chi connectivity index (χ1) is 18.8. The van der Waals surface area contributed by atoms with E-state index in [9.17, 15) is 31.1 Å². The molecule has 6 nitrogen and oxygen atoms in total. The largest absolute Gasteiger partial charge is 0.417 e. The molecule has 2 saturated heterocycles. The fraction of sp³-hybridized carbons (Fsp3) is 0.500. The number of alkyl halides is 6. The maximum atomic E-state index is 13.3. The molecule has 12 heteroatoms. The number of halogens is 6. The number of piperazine rings is 1. The van der Waals surface area contributed by atoms with Crippen molar-refractivity contribution in [2.24, 2.45) is 5.92 Å². The fourth-order valence-corrected chi connectivity index (χ4v) is 5.27. The van der Waals surface area contributed by atoms with Crippen LogP contribution in [-0.4, -0.2) is 67.6 Å². The Morgan fingerprint density at radius 2 is 1.57 bits per heavy atom. The van der Waals surface area contributed by atoms with Crippen molar-refractivity contribution in [3.05, 3.63) is 59.2 Å². The van der Waals surface area contributed by atoms with Crippen molar-refractivity contribution in [1.82, 2.24) is 9.80 Å². The van der Waals surface area contributed by atoms with Crippen molar-refractivity contribution in [2.45, 2.75) is 38.2 Å². The number of benzene rings is 2. The number of carbonyl (C=O) groups excluding carboxylic acids is 1. The molecule has 1 unspecified atom stereocenters. The first-order valence-corrected chi connectivity index (χ1v) is 13.2. The highest BCUT2D eigenvalue weighted by Gasteiger charge is 2.34. The fourth-order valence-electron chi connectivity index (χ4n) is 5.27. The molecule has 40 heavy (non-hydrogen) atoms. The third kappa shape index (κ3) is 7.18. The number of nitrogens with one attached hydrogen (secondary N) is 1. The molecule has 2 aromatic carbocycles. The normalized spacial score (nSPS) is 18.4. The van der Waals surface area contributed by atoms with Crippen molar-refractivity contribution in [3.8, 4) is 6.07 Å². The zero-order valence-corrected chi connectivity index (χ0v) is 22.0. The van der Waals surface area contributed by atoms with E-state index in [1.54, 1.807) is 11.0 Å². The van der Waals surface area contributed by atoms with Crippen molar-refractivity contribution in [2.75, 3.05) is 56.0 Å². The number of anilines is 2. The topological polar surface area (TPSA) is 62.6 Å². The molecule has 2 aliphatic rings. The molecule has 2 fully saturated rings. The SMILES string of the molecule is CC(CN1CCN(c2ccc(C(F)(F)F)cc2)CC1)C(=O)N1CCC(Nc2ccc(C#N)c(C(F)(F)F)c2)CC1. The van der Waals surface area contributed by atoms with Crippen LogP contribution in [0.15, 0.2) is 42.5 Å². The Morgan fingerprint density at radius 1 is 0.950 bits per heavy atom.